The molecule has 0 amide bonds. The molecule has 0 aliphatic carbocycles. The molecule has 0 saturated heterocycles. The number of hydrogen-bond acceptors (Lipinski definition) is 4. The van der Waals surface area contributed by atoms with E-state index in [1.54, 1.807) is 0 Å². The Morgan fingerprint density at radius 1 is 0.578 bits per heavy atom. The first-order valence-electron chi connectivity index (χ1n) is 14.6. The van der Waals surface area contributed by atoms with Crippen LogP contribution >= 0.6 is 0 Å². The first-order chi connectivity index (χ1) is 21.6. The maximum atomic E-state index is 4.81. The van der Waals surface area contributed by atoms with Crippen LogP contribution in [0, 0.1) is 26.0 Å². The molecular weight excluding hydrogens is 729 g/mol. The van der Waals surface area contributed by atoms with Gasteiger partial charge in [-0.05, 0) is 45.4 Å². The van der Waals surface area contributed by atoms with Crippen molar-refractivity contribution in [2.24, 2.45) is 0 Å². The zero-order valence-corrected chi connectivity index (χ0v) is 27.2. The van der Waals surface area contributed by atoms with Crippen molar-refractivity contribution in [1.82, 2.24) is 19.9 Å². The molecule has 8 rings (SSSR count). The fourth-order valence-corrected chi connectivity index (χ4v) is 5.54. The van der Waals surface area contributed by atoms with Crippen molar-refractivity contribution >= 4 is 32.4 Å². The molecule has 3 aromatic heterocycles. The van der Waals surface area contributed by atoms with Crippen LogP contribution in [0.3, 0.4) is 0 Å². The molecule has 0 N–H and O–H groups in total. The van der Waals surface area contributed by atoms with Crippen LogP contribution in [0.25, 0.3) is 66.4 Å². The Labute approximate surface area is 276 Å². The molecule has 0 saturated carbocycles. The van der Waals surface area contributed by atoms with Gasteiger partial charge in [-0.2, -0.15) is 0 Å². The summed E-state index contributed by atoms with van der Waals surface area (Å²) in [6.07, 6.45) is 5.65. The molecule has 0 aliphatic rings. The van der Waals surface area contributed by atoms with E-state index < -0.39 is 0 Å². The van der Waals surface area contributed by atoms with Gasteiger partial charge >= 0.3 is 0 Å². The molecule has 0 aliphatic heterocycles. The third-order valence-corrected chi connectivity index (χ3v) is 7.55. The zero-order valence-electron chi connectivity index (χ0n) is 24.8. The molecule has 8 aromatic rings. The summed E-state index contributed by atoms with van der Waals surface area (Å²) in [4.78, 5) is 18.4. The monoisotopic (exact) mass is 757 g/mol. The Kier molecular flexibility index (Phi) is 8.84. The minimum Gasteiger partial charge on any atom is -0.304 e. The molecule has 0 spiro atoms. The Hall–Kier alpha value is -5.09. The van der Waals surface area contributed by atoms with Gasteiger partial charge in [0.2, 0.25) is 0 Å². The SMILES string of the molecule is Cc1[c-]c(-c2cc3ccccc3cn2)cc(C)c1.[Ir].[c-]1ccccc1-c1ncc2c(cc(-c3ccccn3)c3ccccc32)n1. The summed E-state index contributed by atoms with van der Waals surface area (Å²) in [5, 5.41) is 5.72. The number of aryl methyl sites for hydroxylation is 2. The smallest absolute Gasteiger partial charge is 0.0755 e. The zero-order chi connectivity index (χ0) is 29.9. The van der Waals surface area contributed by atoms with Gasteiger partial charge in [0, 0.05) is 49.6 Å². The van der Waals surface area contributed by atoms with Crippen molar-refractivity contribution < 1.29 is 20.1 Å². The van der Waals surface area contributed by atoms with Gasteiger partial charge in [0.25, 0.3) is 0 Å². The topological polar surface area (TPSA) is 51.6 Å². The van der Waals surface area contributed by atoms with Gasteiger partial charge in [0.05, 0.1) is 17.0 Å². The summed E-state index contributed by atoms with van der Waals surface area (Å²) in [6, 6.07) is 45.4. The maximum Gasteiger partial charge on any atom is 0.0755 e. The van der Waals surface area contributed by atoms with E-state index in [0.29, 0.717) is 5.82 Å². The minimum atomic E-state index is 0. The summed E-state index contributed by atoms with van der Waals surface area (Å²) >= 11 is 0. The first kappa shape index (κ1) is 30.0. The number of benzene rings is 5. The van der Waals surface area contributed by atoms with Crippen LogP contribution in [-0.2, 0) is 20.1 Å². The van der Waals surface area contributed by atoms with Gasteiger partial charge in [-0.25, -0.2) is 0 Å². The molecule has 4 nitrogen and oxygen atoms in total. The van der Waals surface area contributed by atoms with E-state index >= 15 is 0 Å². The molecule has 5 aromatic carbocycles. The van der Waals surface area contributed by atoms with Crippen molar-refractivity contribution in [2.45, 2.75) is 13.8 Å². The van der Waals surface area contributed by atoms with Crippen molar-refractivity contribution in [3.8, 4) is 33.9 Å². The van der Waals surface area contributed by atoms with Crippen molar-refractivity contribution in [3.63, 3.8) is 0 Å². The largest absolute Gasteiger partial charge is 0.304 e. The van der Waals surface area contributed by atoms with Crippen LogP contribution in [0.1, 0.15) is 11.1 Å². The van der Waals surface area contributed by atoms with Crippen molar-refractivity contribution in [1.29, 1.82) is 0 Å². The number of hydrogen-bond donors (Lipinski definition) is 0. The van der Waals surface area contributed by atoms with E-state index in [4.69, 9.17) is 4.98 Å². The van der Waals surface area contributed by atoms with Gasteiger partial charge in [-0.15, -0.1) is 70.8 Å². The second kappa shape index (κ2) is 13.3. The fraction of sp³-hybridized carbons (Fsp3) is 0.0500. The van der Waals surface area contributed by atoms with Gasteiger partial charge in [-0.3, -0.25) is 15.0 Å². The minimum absolute atomic E-state index is 0. The summed E-state index contributed by atoms with van der Waals surface area (Å²) in [5.41, 5.74) is 8.27. The third-order valence-electron chi connectivity index (χ3n) is 7.55. The average molecular weight is 757 g/mol. The molecular formula is C40H28IrN4-2. The second-order valence-electron chi connectivity index (χ2n) is 10.8. The summed E-state index contributed by atoms with van der Waals surface area (Å²) in [5.74, 6) is 0.681. The third kappa shape index (κ3) is 6.41. The normalized spacial score (nSPS) is 10.7. The number of aromatic nitrogens is 4. The average Bonchev–Trinajstić information content (AvgIpc) is 3.08. The van der Waals surface area contributed by atoms with Gasteiger partial charge in [0.1, 0.15) is 0 Å². The predicted octanol–water partition coefficient (Wildman–Crippen LogP) is 9.63. The summed E-state index contributed by atoms with van der Waals surface area (Å²) < 4.78 is 0. The van der Waals surface area contributed by atoms with Crippen LogP contribution < -0.4 is 0 Å². The number of nitrogens with zero attached hydrogens (tertiary/aromatic N) is 4. The molecule has 45 heavy (non-hydrogen) atoms. The number of pyridine rings is 2. The molecule has 0 atom stereocenters. The molecule has 0 bridgehead atoms. The van der Waals surface area contributed by atoms with E-state index in [9.17, 15) is 0 Å². The Balaban J connectivity index is 0.000000166. The van der Waals surface area contributed by atoms with Crippen LogP contribution in [0.2, 0.25) is 0 Å². The van der Waals surface area contributed by atoms with Crippen LogP contribution in [0.15, 0.2) is 134 Å². The van der Waals surface area contributed by atoms with E-state index in [1.165, 1.54) is 16.3 Å². The molecule has 219 valence electrons. The van der Waals surface area contributed by atoms with Crippen molar-refractivity contribution in [2.75, 3.05) is 0 Å². The van der Waals surface area contributed by atoms with Crippen LogP contribution in [-0.4, -0.2) is 19.9 Å². The molecule has 5 heteroatoms. The molecule has 1 radical (unpaired) electrons. The Morgan fingerprint density at radius 2 is 1.36 bits per heavy atom. The summed E-state index contributed by atoms with van der Waals surface area (Å²) in [6.45, 7) is 4.17. The Bertz CT molecular complexity index is 2230. The Morgan fingerprint density at radius 3 is 2.13 bits per heavy atom. The van der Waals surface area contributed by atoms with E-state index in [2.05, 4.69) is 102 Å². The maximum absolute atomic E-state index is 4.81. The standard InChI is InChI=1S/C23H14N3.C17H14N.Ir/c1-2-8-16(9-3-1)23-25-15-20-18-11-5-4-10-17(18)19(14-22(20)26-23)21-12-6-7-13-24-21;1-12-7-13(2)9-16(8-12)17-10-14-5-3-4-6-15(14)11-18-17;/h1-8,10-15H;3-8,10-11H,1-2H3;/q2*-1;. The van der Waals surface area contributed by atoms with Crippen molar-refractivity contribution in [3.05, 3.63) is 157 Å². The van der Waals surface area contributed by atoms with Crippen LogP contribution in [0.5, 0.6) is 0 Å². The molecule has 3 heterocycles. The number of rotatable bonds is 3. The van der Waals surface area contributed by atoms with Gasteiger partial charge in [-0.1, -0.05) is 74.5 Å². The quantitative estimate of drug-likeness (QED) is 0.133. The summed E-state index contributed by atoms with van der Waals surface area (Å²) in [7, 11) is 0. The van der Waals surface area contributed by atoms with E-state index in [-0.39, 0.29) is 20.1 Å². The molecule has 0 fully saturated rings. The van der Waals surface area contributed by atoms with E-state index in [1.807, 2.05) is 73.2 Å². The fourth-order valence-electron chi connectivity index (χ4n) is 5.54. The van der Waals surface area contributed by atoms with Gasteiger partial charge in [0.15, 0.2) is 0 Å². The van der Waals surface area contributed by atoms with E-state index in [0.717, 1.165) is 55.3 Å². The predicted molar refractivity (Wildman–Crippen MR) is 180 cm³/mol. The van der Waals surface area contributed by atoms with Gasteiger partial charge < -0.3 is 4.98 Å². The van der Waals surface area contributed by atoms with Crippen LogP contribution in [0.4, 0.5) is 0 Å². The molecule has 0 unspecified atom stereocenters. The second-order valence-corrected chi connectivity index (χ2v) is 10.8. The number of fused-ring (bicyclic) bond motifs is 4. The first-order valence-corrected chi connectivity index (χ1v) is 14.6.